The molecule has 1 fully saturated rings. The lowest BCUT2D eigenvalue weighted by atomic mass is 9.86. The first-order valence-corrected chi connectivity index (χ1v) is 13.0. The van der Waals surface area contributed by atoms with E-state index >= 15 is 0 Å². The van der Waals surface area contributed by atoms with Crippen molar-refractivity contribution >= 4 is 11.6 Å². The van der Waals surface area contributed by atoms with Crippen molar-refractivity contribution in [3.05, 3.63) is 71.3 Å². The molecule has 0 aromatic heterocycles. The highest BCUT2D eigenvalue weighted by Gasteiger charge is 2.31. The van der Waals surface area contributed by atoms with Gasteiger partial charge >= 0.3 is 0 Å². The molecule has 0 bridgehead atoms. The van der Waals surface area contributed by atoms with Crippen molar-refractivity contribution < 1.29 is 9.59 Å². The molecule has 3 unspecified atom stereocenters. The summed E-state index contributed by atoms with van der Waals surface area (Å²) in [5.74, 6) is 1.15. The van der Waals surface area contributed by atoms with Crippen molar-refractivity contribution in [2.75, 3.05) is 13.1 Å². The normalized spacial score (nSPS) is 24.9. The Labute approximate surface area is 199 Å². The number of carbonyl (C=O) groups is 2. The van der Waals surface area contributed by atoms with Crippen LogP contribution in [-0.4, -0.2) is 29.6 Å². The number of nitrogens with zero attached hydrogens (tertiary/aromatic N) is 1. The van der Waals surface area contributed by atoms with E-state index in [1.165, 1.54) is 16.7 Å². The molecule has 3 atom stereocenters. The largest absolute Gasteiger partial charge is 0.300 e. The lowest BCUT2D eigenvalue weighted by Crippen LogP contribution is -2.41. The summed E-state index contributed by atoms with van der Waals surface area (Å²) in [4.78, 5) is 27.9. The molecule has 0 spiro atoms. The Morgan fingerprint density at radius 2 is 1.39 bits per heavy atom. The molecule has 3 nitrogen and oxygen atoms in total. The van der Waals surface area contributed by atoms with Gasteiger partial charge in [0, 0.05) is 18.4 Å². The predicted octanol–water partition coefficient (Wildman–Crippen LogP) is 6.55. The standard InChI is InChI=1S/C30H39NO2/c1-23(32)24-12-4-2-5-15-26(16-9-8-13-24)29(33)22-31-21-20-25-14-10-11-19-28(25)30(31)27-17-6-3-7-18-27/h3,6-7,10-11,14,17-19,24,26,30H,2,4-5,8-9,12-13,15-16,20-22H2,1H3. The molecule has 2 aromatic rings. The van der Waals surface area contributed by atoms with Crippen molar-refractivity contribution in [1.29, 1.82) is 0 Å². The van der Waals surface area contributed by atoms with Crippen LogP contribution in [-0.2, 0) is 16.0 Å². The van der Waals surface area contributed by atoms with Gasteiger partial charge in [0.25, 0.3) is 0 Å². The molecular weight excluding hydrogens is 406 g/mol. The first kappa shape index (κ1) is 23.9. The van der Waals surface area contributed by atoms with Gasteiger partial charge in [0.2, 0.25) is 0 Å². The second kappa shape index (κ2) is 11.7. The Hall–Kier alpha value is -2.26. The Bertz CT molecular complexity index is 922. The molecule has 1 heterocycles. The van der Waals surface area contributed by atoms with Crippen LogP contribution in [0.5, 0.6) is 0 Å². The first-order valence-electron chi connectivity index (χ1n) is 13.0. The maximum absolute atomic E-state index is 13.6. The maximum Gasteiger partial charge on any atom is 0.149 e. The molecule has 176 valence electrons. The fourth-order valence-corrected chi connectivity index (χ4v) is 5.90. The van der Waals surface area contributed by atoms with Gasteiger partial charge in [-0.15, -0.1) is 0 Å². The summed E-state index contributed by atoms with van der Waals surface area (Å²) in [5.41, 5.74) is 4.03. The third-order valence-electron chi connectivity index (χ3n) is 7.85. The summed E-state index contributed by atoms with van der Waals surface area (Å²) in [6, 6.07) is 19.5. The highest BCUT2D eigenvalue weighted by molar-refractivity contribution is 5.83. The zero-order chi connectivity index (χ0) is 23.0. The van der Waals surface area contributed by atoms with Gasteiger partial charge in [-0.2, -0.15) is 0 Å². The van der Waals surface area contributed by atoms with E-state index in [0.717, 1.165) is 70.8 Å². The monoisotopic (exact) mass is 445 g/mol. The molecule has 1 saturated carbocycles. The van der Waals surface area contributed by atoms with Crippen molar-refractivity contribution in [3.8, 4) is 0 Å². The average Bonchev–Trinajstić information content (AvgIpc) is 2.89. The quantitative estimate of drug-likeness (QED) is 0.524. The Kier molecular flexibility index (Phi) is 8.50. The fraction of sp³-hybridized carbons (Fsp3) is 0.533. The lowest BCUT2D eigenvalue weighted by Gasteiger charge is -2.38. The van der Waals surface area contributed by atoms with Gasteiger partial charge in [0.15, 0.2) is 0 Å². The van der Waals surface area contributed by atoms with Crippen LogP contribution in [0.2, 0.25) is 0 Å². The van der Waals surface area contributed by atoms with Crippen molar-refractivity contribution in [1.82, 2.24) is 4.90 Å². The van der Waals surface area contributed by atoms with Gasteiger partial charge in [-0.25, -0.2) is 0 Å². The number of hydrogen-bond acceptors (Lipinski definition) is 3. The summed E-state index contributed by atoms with van der Waals surface area (Å²) < 4.78 is 0. The van der Waals surface area contributed by atoms with Gasteiger partial charge in [-0.3, -0.25) is 14.5 Å². The summed E-state index contributed by atoms with van der Waals surface area (Å²) in [6.07, 6.45) is 10.5. The van der Waals surface area contributed by atoms with E-state index in [0.29, 0.717) is 18.1 Å². The van der Waals surface area contributed by atoms with Crippen LogP contribution < -0.4 is 0 Å². The minimum Gasteiger partial charge on any atom is -0.300 e. The number of rotatable bonds is 5. The molecule has 4 rings (SSSR count). The smallest absolute Gasteiger partial charge is 0.149 e. The molecule has 0 saturated heterocycles. The van der Waals surface area contributed by atoms with E-state index in [1.54, 1.807) is 6.92 Å². The molecule has 1 aliphatic carbocycles. The van der Waals surface area contributed by atoms with Crippen LogP contribution in [0.15, 0.2) is 54.6 Å². The van der Waals surface area contributed by atoms with Crippen LogP contribution in [0, 0.1) is 11.8 Å². The third kappa shape index (κ3) is 6.20. The van der Waals surface area contributed by atoms with E-state index in [-0.39, 0.29) is 17.9 Å². The number of Topliss-reactive ketones (excluding diaryl/α,β-unsaturated/α-hetero) is 2. The predicted molar refractivity (Wildman–Crippen MR) is 134 cm³/mol. The zero-order valence-electron chi connectivity index (χ0n) is 20.2. The fourth-order valence-electron chi connectivity index (χ4n) is 5.90. The number of hydrogen-bond donors (Lipinski definition) is 0. The van der Waals surface area contributed by atoms with Crippen molar-refractivity contribution in [3.63, 3.8) is 0 Å². The summed E-state index contributed by atoms with van der Waals surface area (Å²) >= 11 is 0. The number of benzene rings is 2. The summed E-state index contributed by atoms with van der Waals surface area (Å²) in [6.45, 7) is 3.21. The van der Waals surface area contributed by atoms with Crippen molar-refractivity contribution in [2.45, 2.75) is 77.2 Å². The van der Waals surface area contributed by atoms with Crippen LogP contribution in [0.1, 0.15) is 87.4 Å². The Balaban J connectivity index is 1.46. The van der Waals surface area contributed by atoms with E-state index in [4.69, 9.17) is 0 Å². The Morgan fingerprint density at radius 3 is 2.09 bits per heavy atom. The van der Waals surface area contributed by atoms with Crippen LogP contribution in [0.25, 0.3) is 0 Å². The molecule has 33 heavy (non-hydrogen) atoms. The third-order valence-corrected chi connectivity index (χ3v) is 7.85. The minimum atomic E-state index is 0.152. The Morgan fingerprint density at radius 1 is 0.788 bits per heavy atom. The minimum absolute atomic E-state index is 0.152. The molecule has 1 aliphatic heterocycles. The highest BCUT2D eigenvalue weighted by atomic mass is 16.1. The topological polar surface area (TPSA) is 37.4 Å². The van der Waals surface area contributed by atoms with Crippen molar-refractivity contribution in [2.24, 2.45) is 11.8 Å². The molecule has 0 radical (unpaired) electrons. The SMILES string of the molecule is CC(=O)C1CCCCCC(C(=O)CN2CCc3ccccc3C2c2ccccc2)CCCC1. The van der Waals surface area contributed by atoms with E-state index in [2.05, 4.69) is 59.5 Å². The molecule has 0 N–H and O–H groups in total. The van der Waals surface area contributed by atoms with Gasteiger partial charge < -0.3 is 0 Å². The van der Waals surface area contributed by atoms with Crippen LogP contribution >= 0.6 is 0 Å². The molecule has 2 aliphatic rings. The second-order valence-corrected chi connectivity index (χ2v) is 10.1. The van der Waals surface area contributed by atoms with Gasteiger partial charge in [-0.05, 0) is 55.7 Å². The molecule has 2 aromatic carbocycles. The average molecular weight is 446 g/mol. The van der Waals surface area contributed by atoms with Gasteiger partial charge in [-0.1, -0.05) is 86.7 Å². The molecule has 0 amide bonds. The molecular formula is C30H39NO2. The van der Waals surface area contributed by atoms with Crippen LogP contribution in [0.4, 0.5) is 0 Å². The highest BCUT2D eigenvalue weighted by Crippen LogP contribution is 2.35. The zero-order valence-corrected chi connectivity index (χ0v) is 20.2. The summed E-state index contributed by atoms with van der Waals surface area (Å²) in [5, 5.41) is 0. The lowest BCUT2D eigenvalue weighted by molar-refractivity contribution is -0.125. The van der Waals surface area contributed by atoms with Gasteiger partial charge in [0.1, 0.15) is 11.6 Å². The van der Waals surface area contributed by atoms with Crippen LogP contribution in [0.3, 0.4) is 0 Å². The number of ketones is 2. The second-order valence-electron chi connectivity index (χ2n) is 10.1. The van der Waals surface area contributed by atoms with E-state index < -0.39 is 0 Å². The number of fused-ring (bicyclic) bond motifs is 1. The maximum atomic E-state index is 13.6. The molecule has 3 heteroatoms. The van der Waals surface area contributed by atoms with E-state index in [1.807, 2.05) is 0 Å². The summed E-state index contributed by atoms with van der Waals surface area (Å²) in [7, 11) is 0. The number of carbonyl (C=O) groups excluding carboxylic acids is 2. The van der Waals surface area contributed by atoms with Gasteiger partial charge in [0.05, 0.1) is 12.6 Å². The first-order chi connectivity index (χ1) is 16.1. The van der Waals surface area contributed by atoms with E-state index in [9.17, 15) is 9.59 Å².